The van der Waals surface area contributed by atoms with Crippen molar-refractivity contribution in [2.45, 2.75) is 0 Å². The summed E-state index contributed by atoms with van der Waals surface area (Å²) in [7, 11) is 10.8. The van der Waals surface area contributed by atoms with Gasteiger partial charge in [-0.25, -0.2) is 0 Å². The molecule has 105 heavy (non-hydrogen) atoms. The minimum atomic E-state index is 1.30. The van der Waals surface area contributed by atoms with Crippen LogP contribution in [0, 0.1) is 0 Å². The molecule has 25 rings (SSSR count). The van der Waals surface area contributed by atoms with Crippen molar-refractivity contribution in [1.82, 2.24) is 22.8 Å². The highest BCUT2D eigenvalue weighted by atomic mass is 32.1. The lowest BCUT2D eigenvalue weighted by Crippen LogP contribution is -1.86. The number of rotatable bonds is 0. The third-order valence-corrected chi connectivity index (χ3v) is 27.9. The highest BCUT2D eigenvalue weighted by molar-refractivity contribution is 7.28. The quantitative estimate of drug-likeness (QED) is 0.145. The number of benzene rings is 15. The molecule has 0 N–H and O–H groups in total. The minimum absolute atomic E-state index is 1.30. The number of para-hydroxylation sites is 5. The fraction of sp³-hybridized carbons (Fsp3) is 0.0526. The van der Waals surface area contributed by atoms with Crippen LogP contribution in [-0.2, 0) is 35.2 Å². The van der Waals surface area contributed by atoms with Crippen LogP contribution < -0.4 is 0 Å². The van der Waals surface area contributed by atoms with E-state index in [0.717, 1.165) is 0 Å². The highest BCUT2D eigenvalue weighted by Crippen LogP contribution is 2.47. The number of hydrogen-bond donors (Lipinski definition) is 0. The van der Waals surface area contributed by atoms with Crippen molar-refractivity contribution in [2.24, 2.45) is 35.2 Å². The van der Waals surface area contributed by atoms with Gasteiger partial charge in [-0.15, -0.1) is 56.7 Å². The molecule has 0 fully saturated rings. The average Bonchev–Trinajstić information content (AvgIpc) is 1.60. The topological polar surface area (TPSA) is 24.6 Å². The lowest BCUT2D eigenvalue weighted by atomic mass is 10.1. The summed E-state index contributed by atoms with van der Waals surface area (Å²) in [5.74, 6) is 0. The summed E-state index contributed by atoms with van der Waals surface area (Å²) in [5, 5.41) is 27.2. The Morgan fingerprint density at radius 2 is 0.495 bits per heavy atom. The van der Waals surface area contributed by atoms with E-state index in [-0.39, 0.29) is 0 Å². The monoisotopic (exact) mass is 1440 g/mol. The number of thiophene rings is 5. The van der Waals surface area contributed by atoms with Gasteiger partial charge in [0.05, 0.1) is 26.8 Å². The molecular weight excluding hydrogens is 1370 g/mol. The molecule has 500 valence electrons. The van der Waals surface area contributed by atoms with Crippen molar-refractivity contribution in [2.75, 3.05) is 0 Å². The van der Waals surface area contributed by atoms with Gasteiger partial charge in [-0.2, -0.15) is 0 Å². The van der Waals surface area contributed by atoms with E-state index < -0.39 is 0 Å². The van der Waals surface area contributed by atoms with Crippen LogP contribution in [0.15, 0.2) is 303 Å². The van der Waals surface area contributed by atoms with E-state index in [0.29, 0.717) is 0 Å². The van der Waals surface area contributed by atoms with Gasteiger partial charge >= 0.3 is 0 Å². The van der Waals surface area contributed by atoms with Gasteiger partial charge in [0, 0.05) is 218 Å². The predicted octanol–water partition coefficient (Wildman–Crippen LogP) is 28.5. The summed E-state index contributed by atoms with van der Waals surface area (Å²) < 4.78 is 25.3. The summed E-state index contributed by atoms with van der Waals surface area (Å²) in [4.78, 5) is 0. The van der Waals surface area contributed by atoms with Crippen molar-refractivity contribution < 1.29 is 0 Å². The Hall–Kier alpha value is -11.6. The van der Waals surface area contributed by atoms with Gasteiger partial charge < -0.3 is 22.8 Å². The average molecular weight is 1440 g/mol. The largest absolute Gasteiger partial charge is 0.344 e. The van der Waals surface area contributed by atoms with E-state index in [1.165, 1.54) is 210 Å². The van der Waals surface area contributed by atoms with Crippen molar-refractivity contribution in [3.8, 4) is 0 Å². The fourth-order valence-electron chi connectivity index (χ4n) is 17.1. The molecule has 0 unspecified atom stereocenters. The van der Waals surface area contributed by atoms with Crippen LogP contribution in [-0.4, -0.2) is 22.8 Å². The normalized spacial score (nSPS) is 12.0. The molecule has 0 amide bonds. The highest BCUT2D eigenvalue weighted by Gasteiger charge is 2.20. The summed E-state index contributed by atoms with van der Waals surface area (Å²) >= 11 is 9.45. The van der Waals surface area contributed by atoms with Crippen molar-refractivity contribution >= 4 is 267 Å². The first-order chi connectivity index (χ1) is 51.7. The minimum Gasteiger partial charge on any atom is -0.344 e. The summed E-state index contributed by atoms with van der Waals surface area (Å²) in [5.41, 5.74) is 13.2. The van der Waals surface area contributed by atoms with Crippen LogP contribution in [0.5, 0.6) is 0 Å². The Morgan fingerprint density at radius 3 is 1.06 bits per heavy atom. The lowest BCUT2D eigenvalue weighted by Gasteiger charge is -2.00. The van der Waals surface area contributed by atoms with E-state index in [1.54, 1.807) is 0 Å². The van der Waals surface area contributed by atoms with E-state index in [1.807, 2.05) is 56.7 Å². The smallest absolute Gasteiger partial charge is 0.0670 e. The van der Waals surface area contributed by atoms with Crippen LogP contribution in [0.4, 0.5) is 0 Å². The first-order valence-electron chi connectivity index (χ1n) is 35.6. The molecule has 0 bridgehead atoms. The molecule has 0 spiro atoms. The van der Waals surface area contributed by atoms with Gasteiger partial charge in [0.1, 0.15) is 0 Å². The summed E-state index contributed by atoms with van der Waals surface area (Å²) in [6.07, 6.45) is 0. The molecule has 5 nitrogen and oxygen atoms in total. The van der Waals surface area contributed by atoms with E-state index >= 15 is 0 Å². The zero-order chi connectivity index (χ0) is 69.9. The lowest BCUT2D eigenvalue weighted by molar-refractivity contribution is 1.01. The number of aromatic nitrogens is 5. The maximum absolute atomic E-state index is 2.37. The molecular formula is C95H65N5S5. The Kier molecular flexibility index (Phi) is 14.3. The van der Waals surface area contributed by atoms with Gasteiger partial charge in [0.15, 0.2) is 0 Å². The second-order valence-corrected chi connectivity index (χ2v) is 33.0. The van der Waals surface area contributed by atoms with Crippen LogP contribution in [0.3, 0.4) is 0 Å². The second-order valence-electron chi connectivity index (χ2n) is 27.6. The van der Waals surface area contributed by atoms with E-state index in [9.17, 15) is 0 Å². The number of aryl methyl sites for hydroxylation is 5. The van der Waals surface area contributed by atoms with Crippen LogP contribution in [0.2, 0.25) is 0 Å². The second kappa shape index (κ2) is 24.3. The van der Waals surface area contributed by atoms with Crippen LogP contribution >= 0.6 is 56.7 Å². The molecule has 0 saturated heterocycles. The molecule has 0 aliphatic rings. The molecule has 10 aromatic heterocycles. The van der Waals surface area contributed by atoms with Gasteiger partial charge in [-0.3, -0.25) is 0 Å². The SMILES string of the molecule is Cn1c2ccccc2c2c3sc4ccccc4c3ccc21.Cn1c2ccccc2c2cc3c(cc21)sc1ccccc13.Cn1c2ccccc2c2cc3sc4ccccc4c3cc21.Cn1c2ccccc2c2ccc3c4ccccc4sc3c21.Cn1c2ccccc2c2ccc3sc4ccccc4c3c21. The van der Waals surface area contributed by atoms with Gasteiger partial charge in [-0.1, -0.05) is 206 Å². The number of fused-ring (bicyclic) bond motifs is 33. The van der Waals surface area contributed by atoms with Crippen molar-refractivity contribution in [3.05, 3.63) is 303 Å². The zero-order valence-electron chi connectivity index (χ0n) is 58.1. The molecule has 0 radical (unpaired) electrons. The zero-order valence-corrected chi connectivity index (χ0v) is 62.2. The Labute approximate surface area is 622 Å². The first kappa shape index (κ1) is 62.0. The van der Waals surface area contributed by atoms with Crippen LogP contribution in [0.1, 0.15) is 0 Å². The third-order valence-electron chi connectivity index (χ3n) is 22.1. The Balaban J connectivity index is 0.0000000846. The number of hydrogen-bond acceptors (Lipinski definition) is 5. The first-order valence-corrected chi connectivity index (χ1v) is 39.7. The number of nitrogens with zero attached hydrogens (tertiary/aromatic N) is 5. The molecule has 0 aliphatic carbocycles. The maximum Gasteiger partial charge on any atom is 0.0670 e. The van der Waals surface area contributed by atoms with E-state index in [4.69, 9.17) is 0 Å². The maximum atomic E-state index is 2.37. The molecule has 0 aliphatic heterocycles. The molecule has 0 saturated carbocycles. The summed E-state index contributed by atoms with van der Waals surface area (Å²) in [6, 6.07) is 110. The van der Waals surface area contributed by atoms with Gasteiger partial charge in [0.25, 0.3) is 0 Å². The Bertz CT molecular complexity index is 7810. The van der Waals surface area contributed by atoms with E-state index in [2.05, 4.69) is 361 Å². The molecule has 10 heterocycles. The predicted molar refractivity (Wildman–Crippen MR) is 467 cm³/mol. The van der Waals surface area contributed by atoms with Gasteiger partial charge in [-0.05, 0) is 97.1 Å². The van der Waals surface area contributed by atoms with Crippen LogP contribution in [0.25, 0.3) is 210 Å². The molecule has 0 atom stereocenters. The van der Waals surface area contributed by atoms with Crippen molar-refractivity contribution in [3.63, 3.8) is 0 Å². The Morgan fingerprint density at radius 1 is 0.162 bits per heavy atom. The van der Waals surface area contributed by atoms with Crippen molar-refractivity contribution in [1.29, 1.82) is 0 Å². The fourth-order valence-corrected chi connectivity index (χ4v) is 23.0. The third kappa shape index (κ3) is 9.54. The van der Waals surface area contributed by atoms with Gasteiger partial charge in [0.2, 0.25) is 0 Å². The molecule has 25 aromatic rings. The standard InChI is InChI=1S/5C19H13NS/c1-20-15-8-4-2-7-14(15)18-16(20)11-10-13-12-6-3-5-9-17(12)21-19(13)18;1-20-16-8-4-2-6-12(16)14-11-19-15(10-17(14)20)13-7-3-5-9-18(13)21-19;1-20-16-8-4-2-6-12(16)14-10-15-13-7-3-5-9-18(13)21-19(15)11-17(14)20;1-20-15-8-4-2-6-12(15)13-10-11-17-18(19(13)20)14-7-3-5-9-16(14)21-17;1-20-16-8-4-2-6-12(16)14-10-11-15-13-7-3-5-9-17(13)21-19(15)18(14)20/h5*2-11H,1H3. The molecule has 15 aromatic carbocycles. The molecule has 10 heteroatoms. The summed E-state index contributed by atoms with van der Waals surface area (Å²) in [6.45, 7) is 0.